The number of fused-ring (bicyclic) bond motifs is 1. The minimum Gasteiger partial charge on any atom is -0.462 e. The summed E-state index contributed by atoms with van der Waals surface area (Å²) in [4.78, 5) is 38.6. The third-order valence-electron chi connectivity index (χ3n) is 4.42. The Hall–Kier alpha value is -2.66. The summed E-state index contributed by atoms with van der Waals surface area (Å²) in [7, 11) is 0. The van der Waals surface area contributed by atoms with Crippen LogP contribution in [0.5, 0.6) is 0 Å². The van der Waals surface area contributed by atoms with E-state index in [0.29, 0.717) is 17.3 Å². The van der Waals surface area contributed by atoms with E-state index in [1.54, 1.807) is 24.3 Å². The van der Waals surface area contributed by atoms with E-state index in [-0.39, 0.29) is 16.7 Å². The molecule has 5 nitrogen and oxygen atoms in total. The summed E-state index contributed by atoms with van der Waals surface area (Å²) in [6, 6.07) is 11.0. The number of carbonyl (C=O) groups excluding carboxylic acids is 3. The summed E-state index contributed by atoms with van der Waals surface area (Å²) in [5, 5.41) is 0.427. The molecule has 0 unspecified atom stereocenters. The SMILES string of the molecule is CCCCCCOC(=O)c1ccc2c(c1)C(=O)N(c1cccc(Cl)c1)C2=O. The lowest BCUT2D eigenvalue weighted by Crippen LogP contribution is -2.29. The second-order valence-electron chi connectivity index (χ2n) is 6.38. The van der Waals surface area contributed by atoms with Crippen LogP contribution in [0.1, 0.15) is 63.7 Å². The van der Waals surface area contributed by atoms with Gasteiger partial charge < -0.3 is 4.74 Å². The Morgan fingerprint density at radius 3 is 2.52 bits per heavy atom. The first-order valence-corrected chi connectivity index (χ1v) is 9.36. The molecule has 0 N–H and O–H groups in total. The molecule has 1 heterocycles. The Morgan fingerprint density at radius 1 is 1.00 bits per heavy atom. The van der Waals surface area contributed by atoms with E-state index < -0.39 is 17.8 Å². The highest BCUT2D eigenvalue weighted by molar-refractivity contribution is 6.35. The van der Waals surface area contributed by atoms with Gasteiger partial charge in [0.05, 0.1) is 29.0 Å². The molecule has 140 valence electrons. The van der Waals surface area contributed by atoms with Gasteiger partial charge in [-0.1, -0.05) is 43.9 Å². The largest absolute Gasteiger partial charge is 0.462 e. The zero-order valence-electron chi connectivity index (χ0n) is 15.0. The number of hydrogen-bond donors (Lipinski definition) is 0. The number of unbranched alkanes of at least 4 members (excludes halogenated alkanes) is 3. The summed E-state index contributed by atoms with van der Waals surface area (Å²) < 4.78 is 5.26. The average Bonchev–Trinajstić information content (AvgIpc) is 2.91. The van der Waals surface area contributed by atoms with E-state index in [2.05, 4.69) is 6.92 Å². The van der Waals surface area contributed by atoms with Gasteiger partial charge in [0.2, 0.25) is 0 Å². The van der Waals surface area contributed by atoms with Crippen LogP contribution in [0.2, 0.25) is 5.02 Å². The molecule has 27 heavy (non-hydrogen) atoms. The second-order valence-corrected chi connectivity index (χ2v) is 6.82. The normalized spacial score (nSPS) is 13.0. The van der Waals surface area contributed by atoms with E-state index in [1.807, 2.05) is 0 Å². The van der Waals surface area contributed by atoms with E-state index >= 15 is 0 Å². The van der Waals surface area contributed by atoms with Gasteiger partial charge in [-0.15, -0.1) is 0 Å². The van der Waals surface area contributed by atoms with Crippen LogP contribution in [0.25, 0.3) is 0 Å². The molecular weight excluding hydrogens is 366 g/mol. The molecule has 0 atom stereocenters. The number of rotatable bonds is 7. The Morgan fingerprint density at radius 2 is 1.78 bits per heavy atom. The molecule has 0 saturated heterocycles. The van der Waals surface area contributed by atoms with Crippen LogP contribution < -0.4 is 4.90 Å². The molecule has 0 spiro atoms. The zero-order valence-corrected chi connectivity index (χ0v) is 15.8. The number of halogens is 1. The lowest BCUT2D eigenvalue weighted by atomic mass is 10.1. The van der Waals surface area contributed by atoms with E-state index in [4.69, 9.17) is 16.3 Å². The Balaban J connectivity index is 1.76. The number of benzene rings is 2. The van der Waals surface area contributed by atoms with Gasteiger partial charge in [0.25, 0.3) is 11.8 Å². The van der Waals surface area contributed by atoms with Crippen molar-refractivity contribution in [3.8, 4) is 0 Å². The number of esters is 1. The number of hydrogen-bond acceptors (Lipinski definition) is 4. The van der Waals surface area contributed by atoms with Crippen LogP contribution in [0.3, 0.4) is 0 Å². The fourth-order valence-electron chi connectivity index (χ4n) is 2.99. The molecule has 0 bridgehead atoms. The highest BCUT2D eigenvalue weighted by atomic mass is 35.5. The number of carbonyl (C=O) groups is 3. The molecule has 0 radical (unpaired) electrons. The molecule has 1 aliphatic heterocycles. The van der Waals surface area contributed by atoms with Crippen LogP contribution in [0.4, 0.5) is 5.69 Å². The Labute approximate surface area is 162 Å². The Bertz CT molecular complexity index is 894. The maximum Gasteiger partial charge on any atom is 0.338 e. The lowest BCUT2D eigenvalue weighted by molar-refractivity contribution is 0.0497. The van der Waals surface area contributed by atoms with Crippen LogP contribution in [-0.2, 0) is 4.74 Å². The molecule has 2 amide bonds. The first-order chi connectivity index (χ1) is 13.0. The number of nitrogens with zero attached hydrogens (tertiary/aromatic N) is 1. The molecule has 0 aromatic heterocycles. The first kappa shape index (κ1) is 19.1. The molecule has 3 rings (SSSR count). The maximum atomic E-state index is 12.7. The van der Waals surface area contributed by atoms with Crippen LogP contribution in [-0.4, -0.2) is 24.4 Å². The first-order valence-electron chi connectivity index (χ1n) is 8.98. The standard InChI is InChI=1S/C21H20ClNO4/c1-2-3-4-5-11-27-21(26)14-9-10-17-18(12-14)20(25)23(19(17)24)16-8-6-7-15(22)13-16/h6-10,12-13H,2-5,11H2,1H3. The summed E-state index contributed by atoms with van der Waals surface area (Å²) in [6.07, 6.45) is 4.03. The highest BCUT2D eigenvalue weighted by Crippen LogP contribution is 2.30. The predicted molar refractivity (Wildman–Crippen MR) is 103 cm³/mol. The molecule has 2 aromatic carbocycles. The van der Waals surface area contributed by atoms with E-state index in [1.165, 1.54) is 18.2 Å². The van der Waals surface area contributed by atoms with Crippen molar-refractivity contribution in [3.05, 3.63) is 64.2 Å². The van der Waals surface area contributed by atoms with Crippen molar-refractivity contribution in [2.45, 2.75) is 32.6 Å². The maximum absolute atomic E-state index is 12.7. The van der Waals surface area contributed by atoms with Gasteiger partial charge in [-0.2, -0.15) is 0 Å². The monoisotopic (exact) mass is 385 g/mol. The van der Waals surface area contributed by atoms with E-state index in [9.17, 15) is 14.4 Å². The van der Waals surface area contributed by atoms with Gasteiger partial charge >= 0.3 is 5.97 Å². The van der Waals surface area contributed by atoms with Gasteiger partial charge in [-0.05, 0) is 42.8 Å². The molecule has 0 aliphatic carbocycles. The lowest BCUT2D eigenvalue weighted by Gasteiger charge is -2.13. The third kappa shape index (κ3) is 4.03. The molecule has 0 fully saturated rings. The van der Waals surface area contributed by atoms with Crippen molar-refractivity contribution in [2.75, 3.05) is 11.5 Å². The van der Waals surface area contributed by atoms with Gasteiger partial charge in [0.1, 0.15) is 0 Å². The summed E-state index contributed by atoms with van der Waals surface area (Å²) >= 11 is 5.97. The molecular formula is C21H20ClNO4. The summed E-state index contributed by atoms with van der Waals surface area (Å²) in [5.41, 5.74) is 1.12. The molecule has 0 saturated carbocycles. The minimum absolute atomic E-state index is 0.195. The highest BCUT2D eigenvalue weighted by Gasteiger charge is 2.37. The summed E-state index contributed by atoms with van der Waals surface area (Å²) in [6.45, 7) is 2.46. The molecule has 2 aromatic rings. The van der Waals surface area contributed by atoms with Crippen molar-refractivity contribution in [2.24, 2.45) is 0 Å². The van der Waals surface area contributed by atoms with Crippen LogP contribution >= 0.6 is 11.6 Å². The third-order valence-corrected chi connectivity index (χ3v) is 4.65. The van der Waals surface area contributed by atoms with Crippen LogP contribution in [0, 0.1) is 0 Å². The topological polar surface area (TPSA) is 63.7 Å². The quantitative estimate of drug-likeness (QED) is 0.387. The van der Waals surface area contributed by atoms with Crippen molar-refractivity contribution < 1.29 is 19.1 Å². The fraction of sp³-hybridized carbons (Fsp3) is 0.286. The fourth-order valence-corrected chi connectivity index (χ4v) is 3.18. The van der Waals surface area contributed by atoms with Gasteiger partial charge in [-0.3, -0.25) is 9.59 Å². The van der Waals surface area contributed by atoms with Crippen molar-refractivity contribution in [1.82, 2.24) is 0 Å². The number of amides is 2. The van der Waals surface area contributed by atoms with Crippen molar-refractivity contribution in [3.63, 3.8) is 0 Å². The number of ether oxygens (including phenoxy) is 1. The van der Waals surface area contributed by atoms with E-state index in [0.717, 1.165) is 30.6 Å². The molecule has 6 heteroatoms. The number of imide groups is 1. The van der Waals surface area contributed by atoms with Crippen molar-refractivity contribution >= 4 is 35.1 Å². The zero-order chi connectivity index (χ0) is 19.4. The second kappa shape index (κ2) is 8.35. The van der Waals surface area contributed by atoms with Gasteiger partial charge in [0.15, 0.2) is 0 Å². The molecule has 1 aliphatic rings. The predicted octanol–water partition coefficient (Wildman–Crippen LogP) is 4.88. The smallest absolute Gasteiger partial charge is 0.338 e. The van der Waals surface area contributed by atoms with Crippen molar-refractivity contribution in [1.29, 1.82) is 0 Å². The number of anilines is 1. The summed E-state index contributed by atoms with van der Waals surface area (Å²) in [5.74, 6) is -1.40. The van der Waals surface area contributed by atoms with Gasteiger partial charge in [-0.25, -0.2) is 9.69 Å². The van der Waals surface area contributed by atoms with Crippen LogP contribution in [0.15, 0.2) is 42.5 Å². The minimum atomic E-state index is -0.490. The Kier molecular flexibility index (Phi) is 5.91. The average molecular weight is 386 g/mol. The van der Waals surface area contributed by atoms with Gasteiger partial charge in [0, 0.05) is 5.02 Å².